The number of benzene rings is 2. The number of amides is 2. The Hall–Kier alpha value is -3.24. The molecule has 1 aromatic heterocycles. The molecule has 5 nitrogen and oxygen atoms in total. The van der Waals surface area contributed by atoms with Crippen molar-refractivity contribution in [2.24, 2.45) is 0 Å². The van der Waals surface area contributed by atoms with Gasteiger partial charge in [0.2, 0.25) is 0 Å². The molecule has 1 aliphatic heterocycles. The van der Waals surface area contributed by atoms with Crippen molar-refractivity contribution in [2.45, 2.75) is 13.1 Å². The monoisotopic (exact) mass is 533 g/mol. The van der Waals surface area contributed by atoms with Gasteiger partial charge in [-0.1, -0.05) is 22.0 Å². The number of aryl methyl sites for hydroxylation is 1. The zero-order valence-corrected chi connectivity index (χ0v) is 19.4. The second-order valence-electron chi connectivity index (χ2n) is 7.24. The van der Waals surface area contributed by atoms with Crippen LogP contribution in [0.3, 0.4) is 0 Å². The number of alkyl halides is 3. The number of halogens is 4. The van der Waals surface area contributed by atoms with Gasteiger partial charge in [-0.05, 0) is 79.3 Å². The summed E-state index contributed by atoms with van der Waals surface area (Å²) in [6.45, 7) is 1.80. The number of aromatic nitrogens is 1. The van der Waals surface area contributed by atoms with Crippen LogP contribution in [0.1, 0.15) is 16.8 Å². The van der Waals surface area contributed by atoms with Gasteiger partial charge in [0.05, 0.1) is 11.3 Å². The molecule has 1 aliphatic rings. The molecule has 2 aromatic carbocycles. The largest absolute Gasteiger partial charge is 0.416 e. The fraction of sp³-hybridized carbons (Fsp3) is 0.0870. The lowest BCUT2D eigenvalue weighted by atomic mass is 10.1. The van der Waals surface area contributed by atoms with Gasteiger partial charge >= 0.3 is 6.18 Å². The second-order valence-corrected chi connectivity index (χ2v) is 8.54. The van der Waals surface area contributed by atoms with Crippen molar-refractivity contribution in [3.63, 3.8) is 0 Å². The Morgan fingerprint density at radius 2 is 1.82 bits per heavy atom. The van der Waals surface area contributed by atoms with E-state index in [0.717, 1.165) is 22.2 Å². The molecule has 0 saturated carbocycles. The maximum absolute atomic E-state index is 13.3. The first-order chi connectivity index (χ1) is 15.6. The van der Waals surface area contributed by atoms with E-state index in [9.17, 15) is 22.8 Å². The Morgan fingerprint density at radius 3 is 2.52 bits per heavy atom. The van der Waals surface area contributed by atoms with Gasteiger partial charge in [0.1, 0.15) is 5.57 Å². The molecule has 2 amide bonds. The summed E-state index contributed by atoms with van der Waals surface area (Å²) in [5, 5.41) is 2.46. The zero-order valence-electron chi connectivity index (χ0n) is 17.0. The van der Waals surface area contributed by atoms with Gasteiger partial charge < -0.3 is 4.57 Å². The zero-order chi connectivity index (χ0) is 23.9. The average molecular weight is 534 g/mol. The highest BCUT2D eigenvalue weighted by molar-refractivity contribution is 9.10. The topological polar surface area (TPSA) is 54.3 Å². The predicted octanol–water partition coefficient (Wildman–Crippen LogP) is 5.40. The number of rotatable bonds is 3. The Balaban J connectivity index is 1.76. The third-order valence-corrected chi connectivity index (χ3v) is 5.80. The summed E-state index contributed by atoms with van der Waals surface area (Å²) in [6, 6.07) is 13.2. The minimum absolute atomic E-state index is 0.0548. The Bertz CT molecular complexity index is 1330. The summed E-state index contributed by atoms with van der Waals surface area (Å²) >= 11 is 8.60. The van der Waals surface area contributed by atoms with Gasteiger partial charge in [-0.15, -0.1) is 0 Å². The lowest BCUT2D eigenvalue weighted by molar-refractivity contribution is -0.137. The van der Waals surface area contributed by atoms with E-state index in [4.69, 9.17) is 12.2 Å². The van der Waals surface area contributed by atoms with Crippen LogP contribution >= 0.6 is 28.1 Å². The summed E-state index contributed by atoms with van der Waals surface area (Å²) in [6.07, 6.45) is -1.62. The van der Waals surface area contributed by atoms with Gasteiger partial charge in [0, 0.05) is 22.1 Å². The number of nitrogens with zero attached hydrogens (tertiary/aromatic N) is 2. The molecular weight excluding hydrogens is 519 g/mol. The van der Waals surface area contributed by atoms with E-state index >= 15 is 0 Å². The Morgan fingerprint density at radius 1 is 1.06 bits per heavy atom. The van der Waals surface area contributed by atoms with Crippen molar-refractivity contribution in [1.29, 1.82) is 0 Å². The summed E-state index contributed by atoms with van der Waals surface area (Å²) in [5.41, 5.74) is 0.851. The van der Waals surface area contributed by atoms with Crippen molar-refractivity contribution in [2.75, 3.05) is 4.90 Å². The van der Waals surface area contributed by atoms with Crippen molar-refractivity contribution in [3.8, 4) is 5.69 Å². The van der Waals surface area contributed by atoms with Crippen LogP contribution in [-0.4, -0.2) is 21.5 Å². The normalized spacial score (nSPS) is 15.8. The Labute approximate surface area is 200 Å². The van der Waals surface area contributed by atoms with Crippen molar-refractivity contribution < 1.29 is 22.8 Å². The first kappa shape index (κ1) is 22.9. The second kappa shape index (κ2) is 8.60. The molecule has 1 fully saturated rings. The molecule has 10 heteroatoms. The lowest BCUT2D eigenvalue weighted by Gasteiger charge is -2.30. The quantitative estimate of drug-likeness (QED) is 0.278. The van der Waals surface area contributed by atoms with E-state index in [1.54, 1.807) is 37.4 Å². The lowest BCUT2D eigenvalue weighted by Crippen LogP contribution is -2.54. The molecule has 0 bridgehead atoms. The Kier molecular flexibility index (Phi) is 5.98. The third-order valence-electron chi connectivity index (χ3n) is 5.03. The standard InChI is InChI=1S/C23H15BrF3N3O2S/c1-13-10-15(24)7-8-19(13)30-21(32)18(20(31)28-22(30)33)12-17-6-3-9-29(17)16-5-2-4-14(11-16)23(25,26)27/h2-12H,1H3,(H,28,31,33)/b18-12+. The molecule has 3 aromatic rings. The van der Waals surface area contributed by atoms with Crippen LogP contribution in [0.25, 0.3) is 11.8 Å². The fourth-order valence-electron chi connectivity index (χ4n) is 3.47. The molecule has 2 heterocycles. The van der Waals surface area contributed by atoms with E-state index in [2.05, 4.69) is 21.2 Å². The smallest absolute Gasteiger partial charge is 0.317 e. The summed E-state index contributed by atoms with van der Waals surface area (Å²) in [5.74, 6) is -1.32. The number of thiocarbonyl (C=S) groups is 1. The molecular formula is C23H15BrF3N3O2S. The highest BCUT2D eigenvalue weighted by atomic mass is 79.9. The van der Waals surface area contributed by atoms with Gasteiger partial charge in [0.15, 0.2) is 5.11 Å². The summed E-state index contributed by atoms with van der Waals surface area (Å²) < 4.78 is 41.7. The number of anilines is 1. The summed E-state index contributed by atoms with van der Waals surface area (Å²) in [4.78, 5) is 27.1. The van der Waals surface area contributed by atoms with E-state index in [1.165, 1.54) is 27.7 Å². The van der Waals surface area contributed by atoms with Crippen LogP contribution in [0.2, 0.25) is 0 Å². The van der Waals surface area contributed by atoms with Crippen molar-refractivity contribution in [1.82, 2.24) is 9.88 Å². The van der Waals surface area contributed by atoms with E-state index in [0.29, 0.717) is 11.4 Å². The molecule has 1 N–H and O–H groups in total. The maximum atomic E-state index is 13.3. The molecule has 168 valence electrons. The third kappa shape index (κ3) is 4.49. The number of carbonyl (C=O) groups is 2. The first-order valence-corrected chi connectivity index (χ1v) is 10.8. The molecule has 0 aliphatic carbocycles. The average Bonchev–Trinajstić information content (AvgIpc) is 3.20. The van der Waals surface area contributed by atoms with Crippen LogP contribution in [0, 0.1) is 6.92 Å². The minimum Gasteiger partial charge on any atom is -0.317 e. The number of hydrogen-bond acceptors (Lipinski definition) is 3. The van der Waals surface area contributed by atoms with Gasteiger partial charge in [-0.2, -0.15) is 13.2 Å². The van der Waals surface area contributed by atoms with Crippen molar-refractivity contribution >= 4 is 56.8 Å². The fourth-order valence-corrected chi connectivity index (χ4v) is 4.22. The van der Waals surface area contributed by atoms with E-state index < -0.39 is 23.6 Å². The van der Waals surface area contributed by atoms with Crippen molar-refractivity contribution in [3.05, 3.63) is 87.7 Å². The predicted molar refractivity (Wildman–Crippen MR) is 126 cm³/mol. The maximum Gasteiger partial charge on any atom is 0.416 e. The highest BCUT2D eigenvalue weighted by Crippen LogP contribution is 2.31. The number of nitrogens with one attached hydrogen (secondary N) is 1. The highest BCUT2D eigenvalue weighted by Gasteiger charge is 2.35. The van der Waals surface area contributed by atoms with Crippen LogP contribution in [0.15, 0.2) is 70.8 Å². The van der Waals surface area contributed by atoms with Crippen LogP contribution in [0.5, 0.6) is 0 Å². The van der Waals surface area contributed by atoms with E-state index in [1.807, 2.05) is 6.07 Å². The van der Waals surface area contributed by atoms with Crippen LogP contribution < -0.4 is 10.2 Å². The van der Waals surface area contributed by atoms with Gasteiger partial charge in [-0.3, -0.25) is 19.8 Å². The molecule has 1 saturated heterocycles. The molecule has 33 heavy (non-hydrogen) atoms. The molecule has 0 unspecified atom stereocenters. The van der Waals surface area contributed by atoms with Crippen LogP contribution in [0.4, 0.5) is 18.9 Å². The van der Waals surface area contributed by atoms with Gasteiger partial charge in [-0.25, -0.2) is 0 Å². The SMILES string of the molecule is Cc1cc(Br)ccc1N1C(=O)/C(=C/c2cccn2-c2cccc(C(F)(F)F)c2)C(=O)NC1=S. The molecule has 0 spiro atoms. The molecule has 4 rings (SSSR count). The molecule has 0 atom stereocenters. The first-order valence-electron chi connectivity index (χ1n) is 9.59. The minimum atomic E-state index is -4.50. The number of carbonyl (C=O) groups excluding carboxylic acids is 2. The van der Waals surface area contributed by atoms with Gasteiger partial charge in [0.25, 0.3) is 11.8 Å². The molecule has 0 radical (unpaired) electrons. The number of hydrogen-bond donors (Lipinski definition) is 1. The van der Waals surface area contributed by atoms with E-state index in [-0.39, 0.29) is 16.4 Å². The summed E-state index contributed by atoms with van der Waals surface area (Å²) in [7, 11) is 0. The van der Waals surface area contributed by atoms with Crippen LogP contribution in [-0.2, 0) is 15.8 Å².